The minimum absolute atomic E-state index is 0.147. The predicted molar refractivity (Wildman–Crippen MR) is 85.9 cm³/mol. The molecular formula is C15H24N2O3S. The van der Waals surface area contributed by atoms with E-state index in [1.54, 1.807) is 0 Å². The molecule has 118 valence electrons. The monoisotopic (exact) mass is 312 g/mol. The first-order valence-corrected chi connectivity index (χ1v) is 8.91. The number of nitrogens with zero attached hydrogens (tertiary/aromatic N) is 1. The summed E-state index contributed by atoms with van der Waals surface area (Å²) < 4.78 is 24.6. The van der Waals surface area contributed by atoms with Gasteiger partial charge < -0.3 is 5.32 Å². The molecule has 0 spiro atoms. The molecule has 0 saturated carbocycles. The highest BCUT2D eigenvalue weighted by Gasteiger charge is 2.19. The molecule has 1 aromatic rings. The number of unbranched alkanes of at least 4 members (excludes halogenated alkanes) is 1. The zero-order valence-corrected chi connectivity index (χ0v) is 14.0. The number of carbonyl (C=O) groups is 1. The van der Waals surface area contributed by atoms with Gasteiger partial charge in [0.05, 0.1) is 12.8 Å². The Morgan fingerprint density at radius 3 is 2.43 bits per heavy atom. The van der Waals surface area contributed by atoms with E-state index in [1.165, 1.54) is 4.31 Å². The number of rotatable bonds is 7. The molecule has 0 saturated heterocycles. The standard InChI is InChI=1S/C15H24N2O3S/c1-5-6-9-17(21(4,19)20)11-15(18)16-14-8-7-12(2)13(3)10-14/h7-8,10H,5-6,9,11H2,1-4H3,(H,16,18). The van der Waals surface area contributed by atoms with Gasteiger partial charge in [0.2, 0.25) is 15.9 Å². The second-order valence-corrected chi connectivity index (χ2v) is 7.28. The highest BCUT2D eigenvalue weighted by molar-refractivity contribution is 7.88. The molecule has 0 heterocycles. The molecule has 5 nitrogen and oxygen atoms in total. The smallest absolute Gasteiger partial charge is 0.239 e. The van der Waals surface area contributed by atoms with Gasteiger partial charge in [0.1, 0.15) is 0 Å². The van der Waals surface area contributed by atoms with Gasteiger partial charge in [-0.15, -0.1) is 0 Å². The molecule has 0 fully saturated rings. The number of nitrogens with one attached hydrogen (secondary N) is 1. The van der Waals surface area contributed by atoms with Gasteiger partial charge in [0, 0.05) is 12.2 Å². The van der Waals surface area contributed by atoms with Crippen molar-refractivity contribution >= 4 is 21.6 Å². The number of benzene rings is 1. The summed E-state index contributed by atoms with van der Waals surface area (Å²) in [5.41, 5.74) is 2.92. The lowest BCUT2D eigenvalue weighted by atomic mass is 10.1. The van der Waals surface area contributed by atoms with Gasteiger partial charge in [-0.2, -0.15) is 4.31 Å². The maximum atomic E-state index is 12.0. The predicted octanol–water partition coefficient (Wildman–Crippen LogP) is 2.30. The van der Waals surface area contributed by atoms with Crippen LogP contribution in [0.2, 0.25) is 0 Å². The van der Waals surface area contributed by atoms with Gasteiger partial charge in [-0.1, -0.05) is 19.4 Å². The molecule has 1 amide bonds. The van der Waals surface area contributed by atoms with Crippen molar-refractivity contribution in [3.8, 4) is 0 Å². The number of anilines is 1. The Morgan fingerprint density at radius 2 is 1.90 bits per heavy atom. The molecule has 0 unspecified atom stereocenters. The summed E-state index contributed by atoms with van der Waals surface area (Å²) in [4.78, 5) is 12.0. The summed E-state index contributed by atoms with van der Waals surface area (Å²) in [6, 6.07) is 5.62. The summed E-state index contributed by atoms with van der Waals surface area (Å²) >= 11 is 0. The number of hydrogen-bond acceptors (Lipinski definition) is 3. The van der Waals surface area contributed by atoms with E-state index in [2.05, 4.69) is 5.32 Å². The van der Waals surface area contributed by atoms with Crippen LogP contribution in [0.1, 0.15) is 30.9 Å². The Labute approximate surface area is 127 Å². The van der Waals surface area contributed by atoms with E-state index in [0.29, 0.717) is 12.2 Å². The molecule has 0 aliphatic heterocycles. The summed E-state index contributed by atoms with van der Waals surface area (Å²) in [5.74, 6) is -0.320. The Bertz CT molecular complexity index is 597. The highest BCUT2D eigenvalue weighted by atomic mass is 32.2. The van der Waals surface area contributed by atoms with Crippen molar-refractivity contribution in [2.45, 2.75) is 33.6 Å². The van der Waals surface area contributed by atoms with E-state index in [1.807, 2.05) is 39.0 Å². The van der Waals surface area contributed by atoms with Crippen molar-refractivity contribution in [1.29, 1.82) is 0 Å². The molecule has 0 bridgehead atoms. The SMILES string of the molecule is CCCCN(CC(=O)Nc1ccc(C)c(C)c1)S(C)(=O)=O. The van der Waals surface area contributed by atoms with E-state index in [9.17, 15) is 13.2 Å². The first-order valence-electron chi connectivity index (χ1n) is 7.06. The van der Waals surface area contributed by atoms with Gasteiger partial charge in [0.15, 0.2) is 0 Å². The average Bonchev–Trinajstić information content (AvgIpc) is 2.37. The van der Waals surface area contributed by atoms with E-state index in [4.69, 9.17) is 0 Å². The maximum absolute atomic E-state index is 12.0. The van der Waals surface area contributed by atoms with Crippen LogP contribution in [0.3, 0.4) is 0 Å². The molecule has 21 heavy (non-hydrogen) atoms. The summed E-state index contributed by atoms with van der Waals surface area (Å²) in [5, 5.41) is 2.74. The van der Waals surface area contributed by atoms with E-state index < -0.39 is 10.0 Å². The van der Waals surface area contributed by atoms with Crippen LogP contribution in [0.15, 0.2) is 18.2 Å². The van der Waals surface area contributed by atoms with Crippen LogP contribution in [-0.2, 0) is 14.8 Å². The first-order chi connectivity index (χ1) is 9.74. The lowest BCUT2D eigenvalue weighted by Gasteiger charge is -2.19. The lowest BCUT2D eigenvalue weighted by Crippen LogP contribution is -2.38. The fraction of sp³-hybridized carbons (Fsp3) is 0.533. The van der Waals surface area contributed by atoms with Gasteiger partial charge in [-0.25, -0.2) is 8.42 Å². The average molecular weight is 312 g/mol. The van der Waals surface area contributed by atoms with Crippen LogP contribution in [0.25, 0.3) is 0 Å². The van der Waals surface area contributed by atoms with Crippen LogP contribution in [-0.4, -0.2) is 38.0 Å². The fourth-order valence-corrected chi connectivity index (χ4v) is 2.69. The van der Waals surface area contributed by atoms with Crippen molar-refractivity contribution < 1.29 is 13.2 Å². The molecule has 1 aromatic carbocycles. The number of sulfonamides is 1. The van der Waals surface area contributed by atoms with Gasteiger partial charge in [-0.05, 0) is 43.5 Å². The molecule has 0 aromatic heterocycles. The Morgan fingerprint density at radius 1 is 1.24 bits per heavy atom. The minimum Gasteiger partial charge on any atom is -0.325 e. The van der Waals surface area contributed by atoms with Crippen molar-refractivity contribution in [1.82, 2.24) is 4.31 Å². The maximum Gasteiger partial charge on any atom is 0.239 e. The van der Waals surface area contributed by atoms with Crippen LogP contribution in [0.4, 0.5) is 5.69 Å². The lowest BCUT2D eigenvalue weighted by molar-refractivity contribution is -0.116. The summed E-state index contributed by atoms with van der Waals surface area (Å²) in [7, 11) is -3.37. The van der Waals surface area contributed by atoms with Crippen LogP contribution < -0.4 is 5.32 Å². The van der Waals surface area contributed by atoms with Crippen molar-refractivity contribution in [2.24, 2.45) is 0 Å². The Balaban J connectivity index is 2.71. The zero-order chi connectivity index (χ0) is 16.0. The van der Waals surface area contributed by atoms with E-state index in [-0.39, 0.29) is 12.5 Å². The quantitative estimate of drug-likeness (QED) is 0.840. The molecule has 0 aliphatic carbocycles. The number of hydrogen-bond donors (Lipinski definition) is 1. The fourth-order valence-electron chi connectivity index (χ4n) is 1.88. The Hall–Kier alpha value is -1.40. The number of aryl methyl sites for hydroxylation is 2. The highest BCUT2D eigenvalue weighted by Crippen LogP contribution is 2.14. The third-order valence-corrected chi connectivity index (χ3v) is 4.59. The zero-order valence-electron chi connectivity index (χ0n) is 13.1. The molecule has 0 radical (unpaired) electrons. The van der Waals surface area contributed by atoms with Gasteiger partial charge in [-0.3, -0.25) is 4.79 Å². The van der Waals surface area contributed by atoms with Crippen molar-refractivity contribution in [2.75, 3.05) is 24.7 Å². The van der Waals surface area contributed by atoms with Gasteiger partial charge >= 0.3 is 0 Å². The van der Waals surface area contributed by atoms with Crippen molar-refractivity contribution in [3.05, 3.63) is 29.3 Å². The second-order valence-electron chi connectivity index (χ2n) is 5.30. The molecular weight excluding hydrogens is 288 g/mol. The van der Waals surface area contributed by atoms with Crippen molar-refractivity contribution in [3.63, 3.8) is 0 Å². The Kier molecular flexibility index (Phi) is 6.36. The van der Waals surface area contributed by atoms with Gasteiger partial charge in [0.25, 0.3) is 0 Å². The molecule has 0 aliphatic rings. The number of carbonyl (C=O) groups excluding carboxylic acids is 1. The minimum atomic E-state index is -3.37. The third-order valence-electron chi connectivity index (χ3n) is 3.34. The molecule has 1 N–H and O–H groups in total. The van der Waals surface area contributed by atoms with Crippen LogP contribution in [0.5, 0.6) is 0 Å². The molecule has 0 atom stereocenters. The number of amides is 1. The van der Waals surface area contributed by atoms with Crippen LogP contribution in [0, 0.1) is 13.8 Å². The third kappa shape index (κ3) is 5.85. The van der Waals surface area contributed by atoms with E-state index in [0.717, 1.165) is 30.2 Å². The van der Waals surface area contributed by atoms with Crippen LogP contribution >= 0.6 is 0 Å². The largest absolute Gasteiger partial charge is 0.325 e. The second kappa shape index (κ2) is 7.56. The van der Waals surface area contributed by atoms with E-state index >= 15 is 0 Å². The summed E-state index contributed by atoms with van der Waals surface area (Å²) in [6.45, 7) is 6.17. The molecule has 6 heteroatoms. The topological polar surface area (TPSA) is 66.5 Å². The first kappa shape index (κ1) is 17.7. The molecule has 1 rings (SSSR count). The normalized spacial score (nSPS) is 11.7. The summed E-state index contributed by atoms with van der Waals surface area (Å²) in [6.07, 6.45) is 2.75.